The van der Waals surface area contributed by atoms with Crippen LogP contribution in [0.5, 0.6) is 0 Å². The van der Waals surface area contributed by atoms with Crippen LogP contribution in [0.1, 0.15) is 13.8 Å². The first-order valence-corrected chi connectivity index (χ1v) is 2.98. The van der Waals surface area contributed by atoms with E-state index < -0.39 is 11.1 Å². The molecule has 0 saturated heterocycles. The van der Waals surface area contributed by atoms with Gasteiger partial charge in [0.15, 0.2) is 0 Å². The predicted molar refractivity (Wildman–Crippen MR) is 28.4 cm³/mol. The van der Waals surface area contributed by atoms with Crippen molar-refractivity contribution >= 4 is 11.1 Å². The summed E-state index contributed by atoms with van der Waals surface area (Å²) in [5.41, 5.74) is 0. The van der Waals surface area contributed by atoms with Crippen molar-refractivity contribution < 1.29 is 8.76 Å². The van der Waals surface area contributed by atoms with E-state index in [4.69, 9.17) is 0 Å². The van der Waals surface area contributed by atoms with Crippen molar-refractivity contribution in [2.24, 2.45) is 0 Å². The molecule has 3 heteroatoms. The second-order valence-electron chi connectivity index (χ2n) is 1.13. The van der Waals surface area contributed by atoms with Gasteiger partial charge in [0.25, 0.3) is 0 Å². The lowest BCUT2D eigenvalue weighted by Gasteiger charge is -2.00. The number of hydrogen-bond donors (Lipinski definition) is 0. The van der Waals surface area contributed by atoms with Gasteiger partial charge in [-0.3, -0.25) is 4.21 Å². The van der Waals surface area contributed by atoms with Crippen LogP contribution in [0.25, 0.3) is 0 Å². The lowest BCUT2D eigenvalue weighted by Crippen LogP contribution is -1.85. The molecular formula is C4H7O2S-. The lowest BCUT2D eigenvalue weighted by molar-refractivity contribution is 0.543. The minimum atomic E-state index is -2.00. The molecule has 2 nitrogen and oxygen atoms in total. The van der Waals surface area contributed by atoms with Gasteiger partial charge in [0, 0.05) is 0 Å². The van der Waals surface area contributed by atoms with E-state index in [1.165, 1.54) is 0 Å². The van der Waals surface area contributed by atoms with E-state index >= 15 is 0 Å². The average molecular weight is 119 g/mol. The smallest absolute Gasteiger partial charge is 0.00497 e. The molecule has 42 valence electrons. The first-order valence-electron chi connectivity index (χ1n) is 1.90. The molecule has 0 spiro atoms. The fourth-order valence-corrected chi connectivity index (χ4v) is 0.289. The van der Waals surface area contributed by atoms with Crippen molar-refractivity contribution in [1.82, 2.24) is 0 Å². The van der Waals surface area contributed by atoms with Gasteiger partial charge in [0.2, 0.25) is 0 Å². The second-order valence-corrected chi connectivity index (χ2v) is 2.25. The maximum atomic E-state index is 9.86. The molecule has 0 bridgehead atoms. The molecule has 7 heavy (non-hydrogen) atoms. The van der Waals surface area contributed by atoms with Crippen molar-refractivity contribution in [1.29, 1.82) is 0 Å². The SMILES string of the molecule is CC=C(C)S(=O)[O-]. The van der Waals surface area contributed by atoms with E-state index in [0.717, 1.165) is 0 Å². The maximum absolute atomic E-state index is 9.86. The van der Waals surface area contributed by atoms with Gasteiger partial charge in [0.05, 0.1) is 0 Å². The Labute approximate surface area is 45.5 Å². The molecule has 0 radical (unpaired) electrons. The highest BCUT2D eigenvalue weighted by molar-refractivity contribution is 7.83. The molecule has 0 saturated carbocycles. The molecule has 0 N–H and O–H groups in total. The molecule has 0 fully saturated rings. The van der Waals surface area contributed by atoms with Gasteiger partial charge in [-0.25, -0.2) is 0 Å². The highest BCUT2D eigenvalue weighted by Crippen LogP contribution is 1.93. The zero-order valence-corrected chi connectivity index (χ0v) is 5.12. The summed E-state index contributed by atoms with van der Waals surface area (Å²) in [6.45, 7) is 3.23. The van der Waals surface area contributed by atoms with Crippen molar-refractivity contribution in [3.05, 3.63) is 11.0 Å². The molecule has 0 rings (SSSR count). The molecule has 0 heterocycles. The van der Waals surface area contributed by atoms with Crippen LogP contribution in [0.15, 0.2) is 11.0 Å². The van der Waals surface area contributed by atoms with E-state index in [0.29, 0.717) is 4.91 Å². The van der Waals surface area contributed by atoms with Gasteiger partial charge < -0.3 is 4.55 Å². The van der Waals surface area contributed by atoms with Gasteiger partial charge in [-0.15, -0.1) is 0 Å². The highest BCUT2D eigenvalue weighted by atomic mass is 32.2. The van der Waals surface area contributed by atoms with Crippen LogP contribution < -0.4 is 0 Å². The first-order chi connectivity index (χ1) is 3.18. The molecule has 1 unspecified atom stereocenters. The van der Waals surface area contributed by atoms with Crippen LogP contribution in [0, 0.1) is 0 Å². The Morgan fingerprint density at radius 1 is 1.86 bits per heavy atom. The van der Waals surface area contributed by atoms with Gasteiger partial charge in [-0.05, 0) is 29.8 Å². The summed E-state index contributed by atoms with van der Waals surface area (Å²) in [6.07, 6.45) is 1.54. The largest absolute Gasteiger partial charge is 0.769 e. The van der Waals surface area contributed by atoms with Gasteiger partial charge in [-0.1, -0.05) is 6.08 Å². The van der Waals surface area contributed by atoms with Crippen LogP contribution in [0.3, 0.4) is 0 Å². The Morgan fingerprint density at radius 2 is 2.29 bits per heavy atom. The average Bonchev–Trinajstić information content (AvgIpc) is 1.65. The Hall–Kier alpha value is -0.150. The second kappa shape index (κ2) is 2.93. The highest BCUT2D eigenvalue weighted by Gasteiger charge is 1.78. The zero-order valence-electron chi connectivity index (χ0n) is 4.30. The third-order valence-electron chi connectivity index (χ3n) is 0.669. The molecule has 0 aliphatic carbocycles. The fraction of sp³-hybridized carbons (Fsp3) is 0.500. The topological polar surface area (TPSA) is 40.1 Å². The molecule has 0 aromatic heterocycles. The third kappa shape index (κ3) is 2.53. The van der Waals surface area contributed by atoms with Crippen LogP contribution in [-0.4, -0.2) is 8.76 Å². The summed E-state index contributed by atoms with van der Waals surface area (Å²) in [7, 11) is 0. The number of allylic oxidation sites excluding steroid dienone is 2. The summed E-state index contributed by atoms with van der Waals surface area (Å²) in [5, 5.41) is 0. The first kappa shape index (κ1) is 6.85. The summed E-state index contributed by atoms with van der Waals surface area (Å²) in [5.74, 6) is 0. The van der Waals surface area contributed by atoms with Gasteiger partial charge in [0.1, 0.15) is 0 Å². The summed E-state index contributed by atoms with van der Waals surface area (Å²) in [4.78, 5) is 0.389. The third-order valence-corrected chi connectivity index (χ3v) is 1.43. The fourth-order valence-electron chi connectivity index (χ4n) is 0.0962. The molecular weight excluding hydrogens is 112 g/mol. The quantitative estimate of drug-likeness (QED) is 0.479. The normalized spacial score (nSPS) is 16.7. The molecule has 0 aliphatic heterocycles. The summed E-state index contributed by atoms with van der Waals surface area (Å²) in [6, 6.07) is 0. The van der Waals surface area contributed by atoms with E-state index in [1.807, 2.05) is 0 Å². The summed E-state index contributed by atoms with van der Waals surface area (Å²) < 4.78 is 19.7. The maximum Gasteiger partial charge on any atom is -0.00497 e. The Bertz CT molecular complexity index is 106. The van der Waals surface area contributed by atoms with Gasteiger partial charge in [-0.2, -0.15) is 0 Å². The van der Waals surface area contributed by atoms with E-state index in [2.05, 4.69) is 0 Å². The lowest BCUT2D eigenvalue weighted by atomic mass is 10.6. The van der Waals surface area contributed by atoms with E-state index in [9.17, 15) is 8.76 Å². The minimum Gasteiger partial charge on any atom is -0.769 e. The predicted octanol–water partition coefficient (Wildman–Crippen LogP) is 0.789. The van der Waals surface area contributed by atoms with Crippen molar-refractivity contribution in [3.8, 4) is 0 Å². The van der Waals surface area contributed by atoms with Crippen molar-refractivity contribution in [3.63, 3.8) is 0 Å². The monoisotopic (exact) mass is 119 g/mol. The van der Waals surface area contributed by atoms with E-state index in [-0.39, 0.29) is 0 Å². The van der Waals surface area contributed by atoms with E-state index in [1.54, 1.807) is 19.9 Å². The van der Waals surface area contributed by atoms with Crippen molar-refractivity contribution in [2.75, 3.05) is 0 Å². The number of rotatable bonds is 1. The zero-order chi connectivity index (χ0) is 5.86. The Morgan fingerprint density at radius 3 is 2.29 bits per heavy atom. The summed E-state index contributed by atoms with van der Waals surface area (Å²) >= 11 is -2.00. The molecule has 0 aliphatic rings. The number of hydrogen-bond acceptors (Lipinski definition) is 2. The Balaban J connectivity index is 3.82. The molecule has 0 aromatic rings. The molecule has 1 atom stereocenters. The Kier molecular flexibility index (Phi) is 2.87. The van der Waals surface area contributed by atoms with Crippen LogP contribution in [0.2, 0.25) is 0 Å². The molecule has 0 amide bonds. The standard InChI is InChI=1S/C4H8O2S/c1-3-4(2)7(5)6/h3H,1-2H3,(H,5,6)/p-1. The van der Waals surface area contributed by atoms with Crippen molar-refractivity contribution in [2.45, 2.75) is 13.8 Å². The van der Waals surface area contributed by atoms with Crippen LogP contribution >= 0.6 is 0 Å². The van der Waals surface area contributed by atoms with Gasteiger partial charge >= 0.3 is 0 Å². The minimum absolute atomic E-state index is 0.389. The van der Waals surface area contributed by atoms with Crippen LogP contribution in [-0.2, 0) is 11.1 Å². The molecule has 0 aromatic carbocycles. The van der Waals surface area contributed by atoms with Crippen LogP contribution in [0.4, 0.5) is 0 Å².